The first-order valence-corrected chi connectivity index (χ1v) is 6.54. The summed E-state index contributed by atoms with van der Waals surface area (Å²) >= 11 is 0. The number of carbonyl (C=O) groups excluding carboxylic acids is 2. The highest BCUT2D eigenvalue weighted by atomic mass is 16.4. The summed E-state index contributed by atoms with van der Waals surface area (Å²) in [6, 6.07) is 0. The molecule has 2 atom stereocenters. The van der Waals surface area contributed by atoms with Gasteiger partial charge in [-0.2, -0.15) is 9.59 Å². The fourth-order valence-electron chi connectivity index (χ4n) is 1.32. The molecule has 134 valence electrons. The van der Waals surface area contributed by atoms with E-state index in [1.54, 1.807) is 0 Å². The van der Waals surface area contributed by atoms with E-state index in [-0.39, 0.29) is 36.6 Å². The number of hydrogen-bond acceptors (Lipinski definition) is 11. The molecule has 24 heavy (non-hydrogen) atoms. The maximum absolute atomic E-state index is 11.1. The fourth-order valence-corrected chi connectivity index (χ4v) is 1.32. The van der Waals surface area contributed by atoms with E-state index in [2.05, 4.69) is 20.6 Å². The van der Waals surface area contributed by atoms with Gasteiger partial charge in [0.1, 0.15) is 5.82 Å². The van der Waals surface area contributed by atoms with E-state index in [1.807, 2.05) is 0 Å². The lowest BCUT2D eigenvalue weighted by Crippen LogP contribution is -2.25. The molecule has 0 aliphatic heterocycles. The van der Waals surface area contributed by atoms with Crippen LogP contribution in [-0.4, -0.2) is 86.1 Å². The monoisotopic (exact) mass is 346 g/mol. The van der Waals surface area contributed by atoms with E-state index in [1.165, 1.54) is 6.20 Å². The topological polar surface area (TPSA) is 202 Å². The molecular weight excluding hydrogens is 328 g/mol. The van der Waals surface area contributed by atoms with Crippen LogP contribution in [0.4, 0.5) is 11.6 Å². The average Bonchev–Trinajstić information content (AvgIpc) is 2.58. The van der Waals surface area contributed by atoms with Crippen molar-refractivity contribution in [1.29, 1.82) is 0 Å². The summed E-state index contributed by atoms with van der Waals surface area (Å²) in [4.78, 5) is 35.0. The van der Waals surface area contributed by atoms with Crippen molar-refractivity contribution in [3.05, 3.63) is 11.9 Å². The van der Waals surface area contributed by atoms with E-state index in [0.717, 1.165) is 0 Å². The molecule has 2 unspecified atom stereocenters. The van der Waals surface area contributed by atoms with E-state index in [0.29, 0.717) is 0 Å². The summed E-state index contributed by atoms with van der Waals surface area (Å²) in [5.41, 5.74) is -0.372. The van der Waals surface area contributed by atoms with Gasteiger partial charge >= 0.3 is 12.1 Å². The van der Waals surface area contributed by atoms with Gasteiger partial charge in [-0.15, -0.1) is 0 Å². The second-order valence-corrected chi connectivity index (χ2v) is 4.28. The molecule has 12 heteroatoms. The first-order valence-electron chi connectivity index (χ1n) is 6.54. The highest BCUT2D eigenvalue weighted by molar-refractivity contribution is 5.91. The summed E-state index contributed by atoms with van der Waals surface area (Å²) in [6.45, 7) is -1.01. The Balaban J connectivity index is 0.00000163. The van der Waals surface area contributed by atoms with Gasteiger partial charge in [-0.1, -0.05) is 0 Å². The standard InChI is InChI=1S/C11H18N4O6.CO2/c16-4-6(18)1-12-8-3-14-10(9(15-8)11(20)21)13-2-7(19)5-17;2-1-3/h3,6-7,16-19H,1-2,4-5H2,(H,12,15)(H,13,14)(H,20,21);. The third-order valence-electron chi connectivity index (χ3n) is 2.42. The van der Waals surface area contributed by atoms with E-state index in [4.69, 9.17) is 24.9 Å². The first kappa shape index (κ1) is 21.4. The SMILES string of the molecule is O=C(O)c1nc(NCC(O)CO)cnc1NCC(O)CO.O=C=O. The number of carbonyl (C=O) groups is 1. The van der Waals surface area contributed by atoms with Gasteiger partial charge in [0, 0.05) is 13.1 Å². The number of carboxylic acids is 1. The predicted octanol–water partition coefficient (Wildman–Crippen LogP) is -2.88. The Morgan fingerprint density at radius 2 is 1.62 bits per heavy atom. The number of nitrogens with zero attached hydrogens (tertiary/aromatic N) is 2. The number of carboxylic acid groups (broad SMARTS) is 1. The smallest absolute Gasteiger partial charge is 0.373 e. The molecule has 1 rings (SSSR count). The molecule has 0 saturated carbocycles. The van der Waals surface area contributed by atoms with Crippen LogP contribution in [-0.2, 0) is 9.59 Å². The van der Waals surface area contributed by atoms with Crippen molar-refractivity contribution >= 4 is 23.8 Å². The number of aromatic carboxylic acids is 1. The second kappa shape index (κ2) is 11.9. The largest absolute Gasteiger partial charge is 0.476 e. The van der Waals surface area contributed by atoms with Crippen LogP contribution in [0.5, 0.6) is 0 Å². The average molecular weight is 346 g/mol. The van der Waals surface area contributed by atoms with Gasteiger partial charge in [0.15, 0.2) is 11.5 Å². The van der Waals surface area contributed by atoms with E-state index < -0.39 is 31.4 Å². The zero-order chi connectivity index (χ0) is 18.5. The predicted molar refractivity (Wildman–Crippen MR) is 77.2 cm³/mol. The van der Waals surface area contributed by atoms with Crippen LogP contribution >= 0.6 is 0 Å². The van der Waals surface area contributed by atoms with Crippen LogP contribution in [0.1, 0.15) is 10.5 Å². The van der Waals surface area contributed by atoms with Gasteiger partial charge in [0.25, 0.3) is 0 Å². The summed E-state index contributed by atoms with van der Waals surface area (Å²) in [5, 5.41) is 50.0. The molecule has 0 aliphatic carbocycles. The third-order valence-corrected chi connectivity index (χ3v) is 2.42. The number of anilines is 2. The number of aliphatic hydroxyl groups is 4. The number of hydrogen-bond donors (Lipinski definition) is 7. The van der Waals surface area contributed by atoms with Crippen LogP contribution < -0.4 is 10.6 Å². The van der Waals surface area contributed by atoms with E-state index >= 15 is 0 Å². The Kier molecular flexibility index (Phi) is 10.6. The van der Waals surface area contributed by atoms with Gasteiger partial charge in [-0.3, -0.25) is 0 Å². The summed E-state index contributed by atoms with van der Waals surface area (Å²) in [7, 11) is 0. The molecule has 1 aromatic heterocycles. The molecule has 0 aromatic carbocycles. The Labute approximate surface area is 135 Å². The molecule has 0 aliphatic rings. The number of aromatic nitrogens is 2. The van der Waals surface area contributed by atoms with Crippen molar-refractivity contribution in [2.75, 3.05) is 36.9 Å². The maximum Gasteiger partial charge on any atom is 0.373 e. The summed E-state index contributed by atoms with van der Waals surface area (Å²) in [6.07, 6.45) is -0.562. The first-order chi connectivity index (χ1) is 11.4. The van der Waals surface area contributed by atoms with E-state index in [9.17, 15) is 15.0 Å². The van der Waals surface area contributed by atoms with Crippen molar-refractivity contribution in [3.8, 4) is 0 Å². The highest BCUT2D eigenvalue weighted by Crippen LogP contribution is 2.13. The Bertz CT molecular complexity index is 550. The van der Waals surface area contributed by atoms with Crippen molar-refractivity contribution < 1.29 is 39.9 Å². The molecule has 12 nitrogen and oxygen atoms in total. The summed E-state index contributed by atoms with van der Waals surface area (Å²) in [5.74, 6) is -1.26. The minimum Gasteiger partial charge on any atom is -0.476 e. The minimum absolute atomic E-state index is 0.0137. The molecule has 0 radical (unpaired) electrons. The maximum atomic E-state index is 11.1. The lowest BCUT2D eigenvalue weighted by atomic mass is 10.3. The summed E-state index contributed by atoms with van der Waals surface area (Å²) < 4.78 is 0. The van der Waals surface area contributed by atoms with Crippen molar-refractivity contribution in [1.82, 2.24) is 9.97 Å². The van der Waals surface area contributed by atoms with Crippen molar-refractivity contribution in [2.45, 2.75) is 12.2 Å². The molecule has 1 aromatic rings. The van der Waals surface area contributed by atoms with Gasteiger partial charge in [-0.25, -0.2) is 14.8 Å². The van der Waals surface area contributed by atoms with Crippen LogP contribution in [0.3, 0.4) is 0 Å². The zero-order valence-corrected chi connectivity index (χ0v) is 12.4. The van der Waals surface area contributed by atoms with Crippen LogP contribution in [0.15, 0.2) is 6.20 Å². The van der Waals surface area contributed by atoms with Crippen LogP contribution in [0, 0.1) is 0 Å². The van der Waals surface area contributed by atoms with Gasteiger partial charge in [-0.05, 0) is 0 Å². The molecule has 0 bridgehead atoms. The normalized spacial score (nSPS) is 12.2. The number of aliphatic hydroxyl groups excluding tert-OH is 4. The van der Waals surface area contributed by atoms with Crippen molar-refractivity contribution in [2.24, 2.45) is 0 Å². The number of rotatable bonds is 9. The zero-order valence-electron chi connectivity index (χ0n) is 12.4. The molecule has 0 amide bonds. The highest BCUT2D eigenvalue weighted by Gasteiger charge is 2.16. The Hall–Kier alpha value is -2.63. The molecule has 0 saturated heterocycles. The Morgan fingerprint density at radius 3 is 2.08 bits per heavy atom. The van der Waals surface area contributed by atoms with Gasteiger partial charge in [0.05, 0.1) is 31.6 Å². The van der Waals surface area contributed by atoms with Gasteiger partial charge < -0.3 is 36.2 Å². The lowest BCUT2D eigenvalue weighted by Gasteiger charge is -2.13. The minimum atomic E-state index is -1.32. The second-order valence-electron chi connectivity index (χ2n) is 4.28. The molecule has 1 heterocycles. The van der Waals surface area contributed by atoms with Crippen LogP contribution in [0.25, 0.3) is 0 Å². The lowest BCUT2D eigenvalue weighted by molar-refractivity contribution is -0.191. The quantitative estimate of drug-likeness (QED) is 0.241. The molecule has 0 spiro atoms. The Morgan fingerprint density at radius 1 is 1.12 bits per heavy atom. The van der Waals surface area contributed by atoms with Crippen LogP contribution in [0.2, 0.25) is 0 Å². The van der Waals surface area contributed by atoms with Crippen molar-refractivity contribution in [3.63, 3.8) is 0 Å². The molecule has 0 fully saturated rings. The van der Waals surface area contributed by atoms with Gasteiger partial charge in [0.2, 0.25) is 0 Å². The number of nitrogens with one attached hydrogen (secondary N) is 2. The fraction of sp³-hybridized carbons (Fsp3) is 0.500. The molecular formula is C12H18N4O8. The third kappa shape index (κ3) is 8.12. The molecule has 7 N–H and O–H groups in total.